The minimum absolute atomic E-state index is 0.0163. The van der Waals surface area contributed by atoms with Gasteiger partial charge in [-0.15, -0.1) is 0 Å². The number of hydrogen-bond donors (Lipinski definition) is 1. The van der Waals surface area contributed by atoms with E-state index in [-0.39, 0.29) is 52.5 Å². The molecule has 1 fully saturated rings. The van der Waals surface area contributed by atoms with E-state index in [1.54, 1.807) is 18.7 Å². The Morgan fingerprint density at radius 3 is 2.38 bits per heavy atom. The van der Waals surface area contributed by atoms with Crippen molar-refractivity contribution in [1.82, 2.24) is 24.4 Å². The van der Waals surface area contributed by atoms with Gasteiger partial charge in [-0.3, -0.25) is 14.2 Å². The second-order valence-electron chi connectivity index (χ2n) is 9.35. The number of anilines is 1. The van der Waals surface area contributed by atoms with E-state index >= 15 is 0 Å². The van der Waals surface area contributed by atoms with Gasteiger partial charge in [0.15, 0.2) is 0 Å². The van der Waals surface area contributed by atoms with Crippen LogP contribution in [0.5, 0.6) is 0 Å². The molecule has 3 aromatic rings. The number of alkyl halides is 3. The van der Waals surface area contributed by atoms with Gasteiger partial charge in [0, 0.05) is 32.5 Å². The fourth-order valence-corrected chi connectivity index (χ4v) is 4.57. The van der Waals surface area contributed by atoms with Gasteiger partial charge in [0.25, 0.3) is 11.5 Å². The van der Waals surface area contributed by atoms with Crippen LogP contribution in [0.1, 0.15) is 60.5 Å². The molecule has 0 bridgehead atoms. The van der Waals surface area contributed by atoms with Gasteiger partial charge in [-0.25, -0.2) is 15.0 Å². The van der Waals surface area contributed by atoms with Crippen molar-refractivity contribution in [3.8, 4) is 0 Å². The summed E-state index contributed by atoms with van der Waals surface area (Å²) in [6.07, 6.45) is -1.91. The first-order chi connectivity index (χ1) is 17.4. The summed E-state index contributed by atoms with van der Waals surface area (Å²) in [6, 6.07) is 1.30. The topological polar surface area (TPSA) is 102 Å². The number of benzene rings is 1. The predicted molar refractivity (Wildman–Crippen MR) is 131 cm³/mol. The molecule has 0 saturated carbocycles. The molecule has 1 aliphatic rings. The number of nitrogens with zero attached hydrogens (tertiary/aromatic N) is 5. The Kier molecular flexibility index (Phi) is 7.22. The number of halogens is 3. The van der Waals surface area contributed by atoms with Gasteiger partial charge < -0.3 is 15.0 Å². The third kappa shape index (κ3) is 5.43. The van der Waals surface area contributed by atoms with Crippen LogP contribution in [0.2, 0.25) is 0 Å². The van der Waals surface area contributed by atoms with Crippen LogP contribution in [0.3, 0.4) is 0 Å². The van der Waals surface area contributed by atoms with Crippen molar-refractivity contribution in [1.29, 1.82) is 0 Å². The highest BCUT2D eigenvalue weighted by Gasteiger charge is 2.36. The molecule has 1 aromatic carbocycles. The van der Waals surface area contributed by atoms with Crippen molar-refractivity contribution >= 4 is 22.8 Å². The molecule has 0 unspecified atom stereocenters. The number of carbonyl (C=O) groups is 1. The van der Waals surface area contributed by atoms with Crippen LogP contribution in [-0.4, -0.2) is 55.6 Å². The Labute approximate surface area is 211 Å². The molecule has 1 N–H and O–H groups in total. The summed E-state index contributed by atoms with van der Waals surface area (Å²) in [5.74, 6) is 0.135. The maximum absolute atomic E-state index is 14.0. The third-order valence-electron chi connectivity index (χ3n) is 6.47. The van der Waals surface area contributed by atoms with Crippen LogP contribution >= 0.6 is 0 Å². The number of nitrogens with one attached hydrogen (secondary N) is 1. The number of hydrogen-bond acceptors (Lipinski definition) is 7. The second-order valence-corrected chi connectivity index (χ2v) is 9.35. The molecule has 3 heterocycles. The summed E-state index contributed by atoms with van der Waals surface area (Å²) in [5, 5.41) is 3.02. The fourth-order valence-electron chi connectivity index (χ4n) is 4.57. The van der Waals surface area contributed by atoms with E-state index in [1.807, 2.05) is 13.8 Å². The van der Waals surface area contributed by atoms with E-state index in [9.17, 15) is 22.8 Å². The fraction of sp³-hybridized carbons (Fsp3) is 0.480. The van der Waals surface area contributed by atoms with Crippen molar-refractivity contribution in [2.75, 3.05) is 18.4 Å². The van der Waals surface area contributed by atoms with E-state index in [4.69, 9.17) is 4.74 Å². The molecule has 198 valence electrons. The van der Waals surface area contributed by atoms with Gasteiger partial charge in [-0.2, -0.15) is 13.2 Å². The van der Waals surface area contributed by atoms with E-state index in [0.717, 1.165) is 6.07 Å². The number of amides is 1. The number of aromatic nitrogens is 4. The van der Waals surface area contributed by atoms with Gasteiger partial charge in [0.2, 0.25) is 5.95 Å². The Hall–Kier alpha value is -3.54. The molecule has 9 nitrogen and oxygen atoms in total. The quantitative estimate of drug-likeness (QED) is 0.547. The van der Waals surface area contributed by atoms with Crippen molar-refractivity contribution < 1.29 is 22.7 Å². The smallest absolute Gasteiger partial charge is 0.372 e. The normalized spacial score (nSPS) is 19.2. The van der Waals surface area contributed by atoms with Crippen LogP contribution in [0.25, 0.3) is 10.9 Å². The first-order valence-corrected chi connectivity index (χ1v) is 12.0. The summed E-state index contributed by atoms with van der Waals surface area (Å²) < 4.78 is 49.1. The summed E-state index contributed by atoms with van der Waals surface area (Å²) in [5.41, 5.74) is -1.17. The number of ether oxygens (including phenoxy) is 1. The highest BCUT2D eigenvalue weighted by molar-refractivity contribution is 5.93. The Balaban J connectivity index is 1.65. The lowest BCUT2D eigenvalue weighted by molar-refractivity contribution is -0.138. The zero-order valence-electron chi connectivity index (χ0n) is 21.3. The van der Waals surface area contributed by atoms with Gasteiger partial charge in [0.05, 0.1) is 40.3 Å². The highest BCUT2D eigenvalue weighted by Crippen LogP contribution is 2.38. The van der Waals surface area contributed by atoms with E-state index in [1.165, 1.54) is 30.1 Å². The molecule has 2 aromatic heterocycles. The van der Waals surface area contributed by atoms with Crippen molar-refractivity contribution in [2.24, 2.45) is 7.05 Å². The Bertz CT molecular complexity index is 1360. The predicted octanol–water partition coefficient (Wildman–Crippen LogP) is 3.86. The minimum Gasteiger partial charge on any atom is -0.372 e. The lowest BCUT2D eigenvalue weighted by atomic mass is 9.96. The molecule has 37 heavy (non-hydrogen) atoms. The number of fused-ring (bicyclic) bond motifs is 1. The first kappa shape index (κ1) is 26.5. The SMILES string of the molecule is CC[C@H](Nc1ncc(C(=O)N2C[C@@H](C)O[C@@H](C)C2)cn1)c1cc2c(=O)n(C)c(C)nc2cc1C(F)(F)F. The van der Waals surface area contributed by atoms with E-state index in [0.29, 0.717) is 18.9 Å². The minimum atomic E-state index is -4.67. The maximum Gasteiger partial charge on any atom is 0.416 e. The van der Waals surface area contributed by atoms with E-state index in [2.05, 4.69) is 20.3 Å². The number of aryl methyl sites for hydroxylation is 1. The molecular formula is C25H29F3N6O3. The summed E-state index contributed by atoms with van der Waals surface area (Å²) >= 11 is 0. The molecule has 3 atom stereocenters. The van der Waals surface area contributed by atoms with Crippen molar-refractivity contribution in [3.63, 3.8) is 0 Å². The van der Waals surface area contributed by atoms with Crippen molar-refractivity contribution in [2.45, 2.75) is 58.5 Å². The zero-order valence-corrected chi connectivity index (χ0v) is 21.3. The van der Waals surface area contributed by atoms with Crippen LogP contribution in [0, 0.1) is 6.92 Å². The average molecular weight is 519 g/mol. The van der Waals surface area contributed by atoms with Crippen LogP contribution in [-0.2, 0) is 18.0 Å². The Morgan fingerprint density at radius 1 is 1.19 bits per heavy atom. The van der Waals surface area contributed by atoms with Gasteiger partial charge >= 0.3 is 6.18 Å². The molecule has 0 radical (unpaired) electrons. The van der Waals surface area contributed by atoms with Gasteiger partial charge in [0.1, 0.15) is 5.82 Å². The highest BCUT2D eigenvalue weighted by atomic mass is 19.4. The molecule has 0 spiro atoms. The molecule has 1 saturated heterocycles. The van der Waals surface area contributed by atoms with Gasteiger partial charge in [-0.05, 0) is 44.9 Å². The zero-order chi connectivity index (χ0) is 27.1. The molecule has 1 aliphatic heterocycles. The number of carbonyl (C=O) groups excluding carboxylic acids is 1. The molecule has 1 amide bonds. The van der Waals surface area contributed by atoms with Crippen LogP contribution < -0.4 is 10.9 Å². The molecular weight excluding hydrogens is 489 g/mol. The lowest BCUT2D eigenvalue weighted by Gasteiger charge is -2.35. The number of morpholine rings is 1. The molecule has 0 aliphatic carbocycles. The third-order valence-corrected chi connectivity index (χ3v) is 6.47. The largest absolute Gasteiger partial charge is 0.416 e. The standard InChI is InChI=1S/C25H29F3N6O3/c1-6-20(17-7-18-21(8-19(17)25(26,27)28)31-15(4)33(5)23(18)36)32-24-29-9-16(10-30-24)22(35)34-11-13(2)37-14(3)12-34/h7-10,13-14,20H,6,11-12H2,1-5H3,(H,29,30,32)/t13-,14+,20-/m0/s1. The van der Waals surface area contributed by atoms with E-state index < -0.39 is 23.3 Å². The van der Waals surface area contributed by atoms with Gasteiger partial charge in [-0.1, -0.05) is 6.92 Å². The van der Waals surface area contributed by atoms with Crippen LogP contribution in [0.15, 0.2) is 29.3 Å². The summed E-state index contributed by atoms with van der Waals surface area (Å²) in [6.45, 7) is 7.93. The first-order valence-electron chi connectivity index (χ1n) is 12.0. The van der Waals surface area contributed by atoms with Crippen LogP contribution in [0.4, 0.5) is 19.1 Å². The average Bonchev–Trinajstić information content (AvgIpc) is 2.84. The lowest BCUT2D eigenvalue weighted by Crippen LogP contribution is -2.48. The molecule has 4 rings (SSSR count). The number of rotatable bonds is 5. The Morgan fingerprint density at radius 2 is 1.81 bits per heavy atom. The second kappa shape index (κ2) is 10.1. The monoisotopic (exact) mass is 518 g/mol. The maximum atomic E-state index is 14.0. The summed E-state index contributed by atoms with van der Waals surface area (Å²) in [4.78, 5) is 39.8. The van der Waals surface area contributed by atoms with Crippen molar-refractivity contribution in [3.05, 3.63) is 57.4 Å². The molecule has 12 heteroatoms. The summed E-state index contributed by atoms with van der Waals surface area (Å²) in [7, 11) is 1.52.